The molecule has 2 rings (SSSR count). The Hall–Kier alpha value is -3.08. The second kappa shape index (κ2) is 10.6. The Kier molecular flexibility index (Phi) is 8.22. The molecular formula is C22H31N5O3. The van der Waals surface area contributed by atoms with Crippen molar-refractivity contribution in [1.82, 2.24) is 20.0 Å². The molecular weight excluding hydrogens is 382 g/mol. The highest BCUT2D eigenvalue weighted by Gasteiger charge is 2.25. The number of allylic oxidation sites excluding steroid dienone is 1. The third-order valence-corrected chi connectivity index (χ3v) is 5.78. The number of rotatable bonds is 8. The first-order valence-corrected chi connectivity index (χ1v) is 10.3. The Morgan fingerprint density at radius 1 is 1.50 bits per heavy atom. The number of ether oxygens (including phenoxy) is 1. The molecule has 0 aromatic carbocycles. The Morgan fingerprint density at radius 3 is 2.77 bits per heavy atom. The summed E-state index contributed by atoms with van der Waals surface area (Å²) in [6.07, 6.45) is 8.08. The Morgan fingerprint density at radius 2 is 2.17 bits per heavy atom. The third-order valence-electron chi connectivity index (χ3n) is 5.78. The summed E-state index contributed by atoms with van der Waals surface area (Å²) < 4.78 is 7.25. The molecule has 0 spiro atoms. The van der Waals surface area contributed by atoms with E-state index in [1.54, 1.807) is 42.1 Å². The molecule has 1 aliphatic rings. The Bertz CT molecular complexity index is 859. The maximum Gasteiger partial charge on any atom is 0.410 e. The van der Waals surface area contributed by atoms with Crippen LogP contribution in [0.25, 0.3) is 5.57 Å². The molecule has 2 amide bonds. The van der Waals surface area contributed by atoms with Crippen molar-refractivity contribution in [2.75, 3.05) is 7.05 Å². The van der Waals surface area contributed by atoms with E-state index in [4.69, 9.17) is 10.00 Å². The summed E-state index contributed by atoms with van der Waals surface area (Å²) in [5, 5.41) is 15.8. The van der Waals surface area contributed by atoms with Gasteiger partial charge in [0.15, 0.2) is 0 Å². The zero-order chi connectivity index (χ0) is 22.3. The molecule has 30 heavy (non-hydrogen) atoms. The van der Waals surface area contributed by atoms with Gasteiger partial charge in [-0.2, -0.15) is 10.4 Å². The van der Waals surface area contributed by atoms with E-state index in [-0.39, 0.29) is 30.2 Å². The summed E-state index contributed by atoms with van der Waals surface area (Å²) in [7, 11) is 3.57. The number of carbonyl (C=O) groups is 2. The highest BCUT2D eigenvalue weighted by molar-refractivity contribution is 5.97. The minimum Gasteiger partial charge on any atom is -0.443 e. The lowest BCUT2D eigenvalue weighted by molar-refractivity contribution is -0.116. The summed E-state index contributed by atoms with van der Waals surface area (Å²) in [5.74, 6) is -0.436. The van der Waals surface area contributed by atoms with Gasteiger partial charge in [0.2, 0.25) is 0 Å². The first-order chi connectivity index (χ1) is 14.3. The molecule has 0 aliphatic heterocycles. The Balaban J connectivity index is 2.19. The predicted octanol–water partition coefficient (Wildman–Crippen LogP) is 3.51. The number of nitrogens with one attached hydrogen (secondary N) is 1. The number of nitriles is 1. The average molecular weight is 414 g/mol. The van der Waals surface area contributed by atoms with Crippen molar-refractivity contribution in [2.24, 2.45) is 13.0 Å². The van der Waals surface area contributed by atoms with Crippen molar-refractivity contribution in [2.45, 2.75) is 58.6 Å². The fraction of sp³-hybridized carbons (Fsp3) is 0.545. The van der Waals surface area contributed by atoms with Gasteiger partial charge >= 0.3 is 6.09 Å². The maximum absolute atomic E-state index is 12.5. The lowest BCUT2D eigenvalue weighted by Gasteiger charge is -2.23. The van der Waals surface area contributed by atoms with E-state index in [2.05, 4.69) is 17.0 Å². The molecule has 0 radical (unpaired) electrons. The van der Waals surface area contributed by atoms with Gasteiger partial charge in [-0.1, -0.05) is 33.3 Å². The largest absolute Gasteiger partial charge is 0.443 e. The molecule has 1 aromatic rings. The SMILES string of the molecule is C=C(C#N)C(=O)N/C=C(/c1cnn(C)c1COC(=O)N(C)C1CCCC1)[C@H](C)CC. The number of carbonyl (C=O) groups excluding carboxylic acids is 2. The number of aromatic nitrogens is 2. The van der Waals surface area contributed by atoms with Crippen LogP contribution in [-0.4, -0.2) is 39.8 Å². The molecule has 1 atom stereocenters. The maximum atomic E-state index is 12.5. The van der Waals surface area contributed by atoms with Crippen molar-refractivity contribution in [3.8, 4) is 6.07 Å². The van der Waals surface area contributed by atoms with Crippen LogP contribution >= 0.6 is 0 Å². The second-order valence-corrected chi connectivity index (χ2v) is 7.71. The summed E-state index contributed by atoms with van der Waals surface area (Å²) in [6.45, 7) is 7.58. The summed E-state index contributed by atoms with van der Waals surface area (Å²) in [4.78, 5) is 26.1. The average Bonchev–Trinajstić information content (AvgIpc) is 3.41. The van der Waals surface area contributed by atoms with E-state index in [0.717, 1.165) is 48.9 Å². The van der Waals surface area contributed by atoms with E-state index in [9.17, 15) is 9.59 Å². The molecule has 1 fully saturated rings. The predicted molar refractivity (Wildman–Crippen MR) is 114 cm³/mol. The van der Waals surface area contributed by atoms with Crippen LogP contribution in [0.4, 0.5) is 4.79 Å². The molecule has 0 bridgehead atoms. The summed E-state index contributed by atoms with van der Waals surface area (Å²) in [6, 6.07) is 1.98. The molecule has 1 aliphatic carbocycles. The van der Waals surface area contributed by atoms with Gasteiger partial charge in [0.1, 0.15) is 18.2 Å². The van der Waals surface area contributed by atoms with Crippen molar-refractivity contribution in [3.63, 3.8) is 0 Å². The zero-order valence-corrected chi connectivity index (χ0v) is 18.3. The third kappa shape index (κ3) is 5.50. The van der Waals surface area contributed by atoms with Crippen LogP contribution in [0.3, 0.4) is 0 Å². The molecule has 0 saturated heterocycles. The fourth-order valence-corrected chi connectivity index (χ4v) is 3.53. The zero-order valence-electron chi connectivity index (χ0n) is 18.3. The minimum atomic E-state index is -0.548. The number of amides is 2. The number of nitrogens with zero attached hydrogens (tertiary/aromatic N) is 4. The van der Waals surface area contributed by atoms with Gasteiger partial charge in [-0.25, -0.2) is 4.79 Å². The van der Waals surface area contributed by atoms with Crippen LogP contribution in [0.1, 0.15) is 57.2 Å². The molecule has 8 nitrogen and oxygen atoms in total. The van der Waals surface area contributed by atoms with Crippen LogP contribution in [0.5, 0.6) is 0 Å². The fourth-order valence-electron chi connectivity index (χ4n) is 3.53. The van der Waals surface area contributed by atoms with Crippen LogP contribution in [0.15, 0.2) is 24.5 Å². The van der Waals surface area contributed by atoms with Gasteiger partial charge in [-0.05, 0) is 30.8 Å². The monoisotopic (exact) mass is 413 g/mol. The lowest BCUT2D eigenvalue weighted by atomic mass is 9.93. The van der Waals surface area contributed by atoms with Gasteiger partial charge in [-0.3, -0.25) is 9.48 Å². The van der Waals surface area contributed by atoms with E-state index < -0.39 is 5.91 Å². The molecule has 8 heteroatoms. The minimum absolute atomic E-state index is 0.0777. The second-order valence-electron chi connectivity index (χ2n) is 7.71. The summed E-state index contributed by atoms with van der Waals surface area (Å²) in [5.41, 5.74) is 2.22. The first kappa shape index (κ1) is 23.2. The molecule has 162 valence electrons. The molecule has 1 N–H and O–H groups in total. The van der Waals surface area contributed by atoms with Crippen molar-refractivity contribution in [3.05, 3.63) is 35.8 Å². The lowest BCUT2D eigenvalue weighted by Crippen LogP contribution is -2.35. The topological polar surface area (TPSA) is 100 Å². The van der Waals surface area contributed by atoms with E-state index in [1.807, 2.05) is 13.8 Å². The first-order valence-electron chi connectivity index (χ1n) is 10.3. The molecule has 1 saturated carbocycles. The quantitative estimate of drug-likeness (QED) is 0.519. The number of hydrogen-bond donors (Lipinski definition) is 1. The van der Waals surface area contributed by atoms with Crippen LogP contribution < -0.4 is 5.32 Å². The van der Waals surface area contributed by atoms with E-state index in [1.165, 1.54) is 0 Å². The van der Waals surface area contributed by atoms with Crippen LogP contribution in [0, 0.1) is 17.2 Å². The van der Waals surface area contributed by atoms with Gasteiger partial charge < -0.3 is 15.0 Å². The van der Waals surface area contributed by atoms with Gasteiger partial charge in [0.05, 0.1) is 11.9 Å². The Labute approximate surface area is 178 Å². The van der Waals surface area contributed by atoms with Crippen LogP contribution in [0.2, 0.25) is 0 Å². The molecule has 0 unspecified atom stereocenters. The normalized spacial score (nSPS) is 15.4. The van der Waals surface area contributed by atoms with Crippen molar-refractivity contribution in [1.29, 1.82) is 5.26 Å². The smallest absolute Gasteiger partial charge is 0.410 e. The van der Waals surface area contributed by atoms with Gasteiger partial charge in [-0.15, -0.1) is 0 Å². The summed E-state index contributed by atoms with van der Waals surface area (Å²) >= 11 is 0. The van der Waals surface area contributed by atoms with E-state index >= 15 is 0 Å². The number of hydrogen-bond acceptors (Lipinski definition) is 5. The highest BCUT2D eigenvalue weighted by atomic mass is 16.6. The van der Waals surface area contributed by atoms with Crippen molar-refractivity contribution < 1.29 is 14.3 Å². The molecule has 1 heterocycles. The molecule has 1 aromatic heterocycles. The van der Waals surface area contributed by atoms with Crippen molar-refractivity contribution >= 4 is 17.6 Å². The standard InChI is InChI=1S/C22H31N5O3/c1-6-15(2)18(12-24-21(28)16(3)11-23)19-13-25-27(5)20(19)14-30-22(29)26(4)17-9-7-8-10-17/h12-13,15,17H,3,6-10,14H2,1-2,4-5H3,(H,24,28)/b18-12+/t15-/m1/s1. The van der Waals surface area contributed by atoms with Gasteiger partial charge in [0, 0.05) is 31.9 Å². The number of aryl methyl sites for hydroxylation is 1. The van der Waals surface area contributed by atoms with Gasteiger partial charge in [0.25, 0.3) is 5.91 Å². The highest BCUT2D eigenvalue weighted by Crippen LogP contribution is 2.29. The van der Waals surface area contributed by atoms with E-state index in [0.29, 0.717) is 0 Å². The van der Waals surface area contributed by atoms with Crippen LogP contribution in [-0.2, 0) is 23.2 Å².